The number of nitrogens with zero attached hydrogens (tertiary/aromatic N) is 1. The monoisotopic (exact) mass is 320 g/mol. The number of nitrogens with one attached hydrogen (secondary N) is 1. The Bertz CT molecular complexity index is 681. The van der Waals surface area contributed by atoms with Gasteiger partial charge in [0.05, 0.1) is 6.04 Å². The van der Waals surface area contributed by atoms with E-state index in [4.69, 9.17) is 12.2 Å². The number of benzene rings is 1. The number of thiocarbonyl (C=S) groups is 1. The van der Waals surface area contributed by atoms with Crippen LogP contribution in [0.3, 0.4) is 0 Å². The minimum absolute atomic E-state index is 0.213. The maximum Gasteiger partial charge on any atom is 0.173 e. The summed E-state index contributed by atoms with van der Waals surface area (Å²) >= 11 is 7.32. The van der Waals surface area contributed by atoms with Crippen molar-refractivity contribution >= 4 is 34.4 Å². The maximum absolute atomic E-state index is 13.6. The molecule has 1 aromatic heterocycles. The molecule has 0 amide bonds. The fraction of sp³-hybridized carbons (Fsp3) is 0.312. The van der Waals surface area contributed by atoms with Gasteiger partial charge in [-0.2, -0.15) is 0 Å². The fourth-order valence-electron chi connectivity index (χ4n) is 2.65. The topological polar surface area (TPSA) is 15.3 Å². The largest absolute Gasteiger partial charge is 0.342 e. The molecule has 21 heavy (non-hydrogen) atoms. The van der Waals surface area contributed by atoms with E-state index in [2.05, 4.69) is 28.6 Å². The average Bonchev–Trinajstić information content (AvgIpc) is 2.92. The maximum atomic E-state index is 13.6. The van der Waals surface area contributed by atoms with Crippen LogP contribution in [0, 0.1) is 12.7 Å². The minimum Gasteiger partial charge on any atom is -0.342 e. The van der Waals surface area contributed by atoms with Crippen LogP contribution in [0.2, 0.25) is 0 Å². The van der Waals surface area contributed by atoms with Gasteiger partial charge in [-0.25, -0.2) is 4.39 Å². The number of rotatable bonds is 1. The smallest absolute Gasteiger partial charge is 0.173 e. The van der Waals surface area contributed by atoms with Crippen LogP contribution in [0.25, 0.3) is 0 Å². The van der Waals surface area contributed by atoms with Gasteiger partial charge in [0.2, 0.25) is 0 Å². The lowest BCUT2D eigenvalue weighted by atomic mass is 10.0. The van der Waals surface area contributed by atoms with E-state index in [-0.39, 0.29) is 11.9 Å². The van der Waals surface area contributed by atoms with E-state index in [0.29, 0.717) is 16.4 Å². The molecule has 0 radical (unpaired) electrons. The summed E-state index contributed by atoms with van der Waals surface area (Å²) < 4.78 is 13.6. The number of hydrogen-bond donors (Lipinski definition) is 1. The standard InChI is InChI=1S/C16H17FN2S2/c1-10-3-4-12(9-14(10)17)18-16(20)19-7-5-15-13(11(19)2)6-8-21-15/h3-4,6,8-9,11H,5,7H2,1-2H3,(H,18,20)/t11-/m1/s1. The molecule has 1 aliphatic heterocycles. The van der Waals surface area contributed by atoms with Gasteiger partial charge in [0.1, 0.15) is 5.82 Å². The van der Waals surface area contributed by atoms with Gasteiger partial charge in [-0.15, -0.1) is 11.3 Å². The van der Waals surface area contributed by atoms with Gasteiger partial charge in [0, 0.05) is 17.1 Å². The fourth-order valence-corrected chi connectivity index (χ4v) is 3.98. The van der Waals surface area contributed by atoms with Crippen LogP contribution >= 0.6 is 23.6 Å². The summed E-state index contributed by atoms with van der Waals surface area (Å²) in [6.45, 7) is 4.81. The number of thiophene rings is 1. The van der Waals surface area contributed by atoms with Crippen molar-refractivity contribution in [1.82, 2.24) is 4.90 Å². The Morgan fingerprint density at radius 3 is 3.00 bits per heavy atom. The van der Waals surface area contributed by atoms with E-state index >= 15 is 0 Å². The van der Waals surface area contributed by atoms with Crippen LogP contribution in [-0.2, 0) is 6.42 Å². The Labute approximate surface area is 133 Å². The number of hydrogen-bond acceptors (Lipinski definition) is 2. The van der Waals surface area contributed by atoms with Crippen LogP contribution in [-0.4, -0.2) is 16.6 Å². The third kappa shape index (κ3) is 2.80. The van der Waals surface area contributed by atoms with E-state index in [0.717, 1.165) is 13.0 Å². The Morgan fingerprint density at radius 1 is 1.43 bits per heavy atom. The van der Waals surface area contributed by atoms with Crippen molar-refractivity contribution in [3.05, 3.63) is 51.5 Å². The molecule has 0 fully saturated rings. The molecule has 0 unspecified atom stereocenters. The van der Waals surface area contributed by atoms with Crippen LogP contribution in [0.4, 0.5) is 10.1 Å². The molecule has 2 aromatic rings. The van der Waals surface area contributed by atoms with Crippen molar-refractivity contribution in [1.29, 1.82) is 0 Å². The lowest BCUT2D eigenvalue weighted by Gasteiger charge is -2.35. The number of fused-ring (bicyclic) bond motifs is 1. The molecule has 2 nitrogen and oxygen atoms in total. The van der Waals surface area contributed by atoms with Crippen molar-refractivity contribution in [2.75, 3.05) is 11.9 Å². The molecule has 1 atom stereocenters. The molecule has 110 valence electrons. The molecule has 1 N–H and O–H groups in total. The highest BCUT2D eigenvalue weighted by Gasteiger charge is 2.26. The van der Waals surface area contributed by atoms with Gasteiger partial charge >= 0.3 is 0 Å². The van der Waals surface area contributed by atoms with Crippen LogP contribution in [0.5, 0.6) is 0 Å². The van der Waals surface area contributed by atoms with Crippen molar-refractivity contribution in [2.45, 2.75) is 26.3 Å². The second-order valence-corrected chi connectivity index (χ2v) is 6.70. The van der Waals surface area contributed by atoms with E-state index in [1.165, 1.54) is 16.5 Å². The molecule has 0 saturated carbocycles. The highest BCUT2D eigenvalue weighted by molar-refractivity contribution is 7.80. The van der Waals surface area contributed by atoms with Gasteiger partial charge in [-0.05, 0) is 67.2 Å². The predicted molar refractivity (Wildman–Crippen MR) is 90.5 cm³/mol. The molecular formula is C16H17FN2S2. The Hall–Kier alpha value is -1.46. The molecular weight excluding hydrogens is 303 g/mol. The zero-order valence-electron chi connectivity index (χ0n) is 12.0. The van der Waals surface area contributed by atoms with Crippen molar-refractivity contribution in [3.8, 4) is 0 Å². The Morgan fingerprint density at radius 2 is 2.24 bits per heavy atom. The van der Waals surface area contributed by atoms with E-state index in [1.54, 1.807) is 13.0 Å². The first kappa shape index (κ1) is 14.5. The lowest BCUT2D eigenvalue weighted by molar-refractivity contribution is 0.326. The highest BCUT2D eigenvalue weighted by atomic mass is 32.1. The van der Waals surface area contributed by atoms with Gasteiger partial charge in [0.15, 0.2) is 5.11 Å². The second-order valence-electron chi connectivity index (χ2n) is 5.31. The van der Waals surface area contributed by atoms with Crippen molar-refractivity contribution in [2.24, 2.45) is 0 Å². The van der Waals surface area contributed by atoms with E-state index < -0.39 is 0 Å². The third-order valence-electron chi connectivity index (χ3n) is 3.96. The predicted octanol–water partition coefficient (Wildman–Crippen LogP) is 4.51. The molecule has 0 bridgehead atoms. The molecule has 5 heteroatoms. The Balaban J connectivity index is 1.75. The van der Waals surface area contributed by atoms with E-state index in [9.17, 15) is 4.39 Å². The van der Waals surface area contributed by atoms with Gasteiger partial charge in [-0.1, -0.05) is 6.07 Å². The van der Waals surface area contributed by atoms with Gasteiger partial charge in [-0.3, -0.25) is 0 Å². The van der Waals surface area contributed by atoms with Gasteiger partial charge in [0.25, 0.3) is 0 Å². The summed E-state index contributed by atoms with van der Waals surface area (Å²) in [5.41, 5.74) is 2.69. The number of halogens is 1. The first-order valence-corrected chi connectivity index (χ1v) is 8.25. The van der Waals surface area contributed by atoms with E-state index in [1.807, 2.05) is 17.4 Å². The lowest BCUT2D eigenvalue weighted by Crippen LogP contribution is -2.40. The first-order chi connectivity index (χ1) is 10.1. The average molecular weight is 320 g/mol. The summed E-state index contributed by atoms with van der Waals surface area (Å²) in [6.07, 6.45) is 1.02. The highest BCUT2D eigenvalue weighted by Crippen LogP contribution is 2.33. The quantitative estimate of drug-likeness (QED) is 0.778. The summed E-state index contributed by atoms with van der Waals surface area (Å²) in [6, 6.07) is 7.54. The summed E-state index contributed by atoms with van der Waals surface area (Å²) in [5, 5.41) is 5.94. The minimum atomic E-state index is -0.213. The van der Waals surface area contributed by atoms with Crippen molar-refractivity contribution < 1.29 is 4.39 Å². The van der Waals surface area contributed by atoms with Crippen LogP contribution in [0.15, 0.2) is 29.6 Å². The molecule has 0 aliphatic carbocycles. The molecule has 1 aromatic carbocycles. The SMILES string of the molecule is Cc1ccc(NC(=S)N2CCc3sccc3[C@H]2C)cc1F. The zero-order chi connectivity index (χ0) is 15.0. The van der Waals surface area contributed by atoms with Crippen LogP contribution < -0.4 is 5.32 Å². The summed E-state index contributed by atoms with van der Waals surface area (Å²) in [5.74, 6) is -0.213. The Kier molecular flexibility index (Phi) is 3.95. The first-order valence-electron chi connectivity index (χ1n) is 6.96. The molecule has 2 heterocycles. The van der Waals surface area contributed by atoms with Gasteiger partial charge < -0.3 is 10.2 Å². The van der Waals surface area contributed by atoms with Crippen molar-refractivity contribution in [3.63, 3.8) is 0 Å². The molecule has 1 aliphatic rings. The summed E-state index contributed by atoms with van der Waals surface area (Å²) in [7, 11) is 0. The second kappa shape index (κ2) is 5.73. The third-order valence-corrected chi connectivity index (χ3v) is 5.29. The number of aryl methyl sites for hydroxylation is 1. The number of anilines is 1. The molecule has 3 rings (SSSR count). The molecule has 0 spiro atoms. The zero-order valence-corrected chi connectivity index (χ0v) is 13.7. The molecule has 0 saturated heterocycles. The van der Waals surface area contributed by atoms with Crippen LogP contribution in [0.1, 0.15) is 29.0 Å². The normalized spacial score (nSPS) is 17.5. The summed E-state index contributed by atoms with van der Waals surface area (Å²) in [4.78, 5) is 3.62.